The predicted molar refractivity (Wildman–Crippen MR) is 71.4 cm³/mol. The molecule has 0 aromatic carbocycles. The third-order valence-corrected chi connectivity index (χ3v) is 3.50. The lowest BCUT2D eigenvalue weighted by molar-refractivity contribution is 0.107. The number of nitrogens with one attached hydrogen (secondary N) is 1. The summed E-state index contributed by atoms with van der Waals surface area (Å²) in [4.78, 5) is 0. The molecule has 1 aliphatic rings. The maximum atomic E-state index is 5.88. The number of nitrogens with two attached hydrogens (primary N) is 1. The Morgan fingerprint density at radius 1 is 1.67 bits per heavy atom. The molecule has 2 rings (SSSR count). The summed E-state index contributed by atoms with van der Waals surface area (Å²) < 4.78 is 7.49. The molecule has 102 valence electrons. The highest BCUT2D eigenvalue weighted by Gasteiger charge is 2.20. The Balaban J connectivity index is 1.97. The van der Waals surface area contributed by atoms with Gasteiger partial charge in [0.05, 0.1) is 11.8 Å². The van der Waals surface area contributed by atoms with E-state index in [1.165, 1.54) is 12.0 Å². The topological polar surface area (TPSA) is 65.1 Å². The third kappa shape index (κ3) is 3.10. The lowest BCUT2D eigenvalue weighted by Crippen LogP contribution is -2.34. The summed E-state index contributed by atoms with van der Waals surface area (Å²) in [5.41, 5.74) is 8.24. The van der Waals surface area contributed by atoms with E-state index in [1.807, 2.05) is 11.7 Å². The van der Waals surface area contributed by atoms with Crippen molar-refractivity contribution in [3.05, 3.63) is 17.5 Å². The van der Waals surface area contributed by atoms with E-state index in [2.05, 4.69) is 23.5 Å². The van der Waals surface area contributed by atoms with Gasteiger partial charge in [-0.2, -0.15) is 5.10 Å². The summed E-state index contributed by atoms with van der Waals surface area (Å²) in [6.07, 6.45) is 5.68. The smallest absolute Gasteiger partial charge is 0.0700 e. The molecule has 1 aromatic rings. The number of hydrogen-bond donors (Lipinski definition) is 2. The van der Waals surface area contributed by atoms with Gasteiger partial charge in [0.15, 0.2) is 0 Å². The minimum Gasteiger partial charge on any atom is -0.377 e. The second-order valence-electron chi connectivity index (χ2n) is 4.89. The van der Waals surface area contributed by atoms with Gasteiger partial charge in [-0.1, -0.05) is 6.92 Å². The lowest BCUT2D eigenvalue weighted by atomic mass is 10.1. The van der Waals surface area contributed by atoms with E-state index in [-0.39, 0.29) is 6.04 Å². The van der Waals surface area contributed by atoms with E-state index >= 15 is 0 Å². The van der Waals surface area contributed by atoms with E-state index in [0.717, 1.165) is 31.7 Å². The van der Waals surface area contributed by atoms with Crippen LogP contribution in [-0.4, -0.2) is 35.6 Å². The molecule has 2 heterocycles. The molecule has 5 nitrogen and oxygen atoms in total. The molecule has 0 spiro atoms. The summed E-state index contributed by atoms with van der Waals surface area (Å²) in [5, 5.41) is 7.98. The third-order valence-electron chi connectivity index (χ3n) is 3.50. The van der Waals surface area contributed by atoms with Crippen LogP contribution < -0.4 is 11.1 Å². The van der Waals surface area contributed by atoms with Crippen LogP contribution in [0.4, 0.5) is 0 Å². The zero-order valence-electron chi connectivity index (χ0n) is 11.4. The van der Waals surface area contributed by atoms with Crippen LogP contribution >= 0.6 is 0 Å². The maximum Gasteiger partial charge on any atom is 0.0700 e. The quantitative estimate of drug-likeness (QED) is 0.784. The van der Waals surface area contributed by atoms with E-state index < -0.39 is 0 Å². The van der Waals surface area contributed by atoms with Crippen LogP contribution in [0.5, 0.6) is 0 Å². The van der Waals surface area contributed by atoms with Gasteiger partial charge in [0.25, 0.3) is 0 Å². The molecule has 3 N–H and O–H groups in total. The molecule has 1 fully saturated rings. The van der Waals surface area contributed by atoms with Gasteiger partial charge in [0, 0.05) is 44.5 Å². The minimum atomic E-state index is 0.179. The number of aryl methyl sites for hydroxylation is 2. The molecular weight excluding hydrogens is 228 g/mol. The predicted octanol–water partition coefficient (Wildman–Crippen LogP) is 0.751. The zero-order chi connectivity index (χ0) is 13.0. The first-order valence-corrected chi connectivity index (χ1v) is 6.82. The van der Waals surface area contributed by atoms with Crippen molar-refractivity contribution in [2.45, 2.75) is 38.3 Å². The van der Waals surface area contributed by atoms with E-state index in [1.54, 1.807) is 0 Å². The highest BCUT2D eigenvalue weighted by atomic mass is 16.5. The standard InChI is InChI=1S/C13H24N4O/c1-3-12-11(9-17(2)16-12)13(7-14)15-8-10-5-4-6-18-10/h9-10,13,15H,3-8,14H2,1-2H3. The zero-order valence-corrected chi connectivity index (χ0v) is 11.4. The average Bonchev–Trinajstić information content (AvgIpc) is 2.99. The van der Waals surface area contributed by atoms with Crippen molar-refractivity contribution < 1.29 is 4.74 Å². The van der Waals surface area contributed by atoms with Crippen molar-refractivity contribution in [2.75, 3.05) is 19.7 Å². The normalized spacial score (nSPS) is 21.4. The molecule has 1 aromatic heterocycles. The molecule has 2 atom stereocenters. The fourth-order valence-electron chi connectivity index (χ4n) is 2.52. The number of rotatable bonds is 6. The van der Waals surface area contributed by atoms with Gasteiger partial charge >= 0.3 is 0 Å². The number of ether oxygens (including phenoxy) is 1. The fourth-order valence-corrected chi connectivity index (χ4v) is 2.52. The first-order chi connectivity index (χ1) is 8.74. The van der Waals surface area contributed by atoms with Crippen LogP contribution in [0, 0.1) is 0 Å². The van der Waals surface area contributed by atoms with Crippen molar-refractivity contribution in [2.24, 2.45) is 12.8 Å². The van der Waals surface area contributed by atoms with Gasteiger partial charge < -0.3 is 15.8 Å². The van der Waals surface area contributed by atoms with E-state index in [4.69, 9.17) is 10.5 Å². The number of hydrogen-bond acceptors (Lipinski definition) is 4. The second-order valence-corrected chi connectivity index (χ2v) is 4.89. The maximum absolute atomic E-state index is 5.88. The highest BCUT2D eigenvalue weighted by Crippen LogP contribution is 2.18. The minimum absolute atomic E-state index is 0.179. The molecule has 18 heavy (non-hydrogen) atoms. The van der Waals surface area contributed by atoms with E-state index in [0.29, 0.717) is 12.6 Å². The summed E-state index contributed by atoms with van der Waals surface area (Å²) in [6.45, 7) is 4.48. The van der Waals surface area contributed by atoms with Gasteiger partial charge in [0.1, 0.15) is 0 Å². The van der Waals surface area contributed by atoms with Crippen molar-refractivity contribution in [3.63, 3.8) is 0 Å². The Morgan fingerprint density at radius 3 is 3.11 bits per heavy atom. The Labute approximate surface area is 109 Å². The molecule has 0 radical (unpaired) electrons. The molecular formula is C13H24N4O. The van der Waals surface area contributed by atoms with Crippen LogP contribution in [0.25, 0.3) is 0 Å². The lowest BCUT2D eigenvalue weighted by Gasteiger charge is -2.19. The fraction of sp³-hybridized carbons (Fsp3) is 0.769. The van der Waals surface area contributed by atoms with Crippen LogP contribution in [0.2, 0.25) is 0 Å². The summed E-state index contributed by atoms with van der Waals surface area (Å²) in [6, 6.07) is 0.179. The Kier molecular flexibility index (Phi) is 4.74. The monoisotopic (exact) mass is 252 g/mol. The summed E-state index contributed by atoms with van der Waals surface area (Å²) in [5.74, 6) is 0. The molecule has 0 saturated carbocycles. The largest absolute Gasteiger partial charge is 0.377 e. The Morgan fingerprint density at radius 2 is 2.50 bits per heavy atom. The molecule has 1 aliphatic heterocycles. The Hall–Kier alpha value is -0.910. The van der Waals surface area contributed by atoms with Gasteiger partial charge in [-0.25, -0.2) is 0 Å². The number of aromatic nitrogens is 2. The Bertz CT molecular complexity index is 371. The molecule has 0 bridgehead atoms. The first-order valence-electron chi connectivity index (χ1n) is 6.82. The molecule has 2 unspecified atom stereocenters. The molecule has 0 amide bonds. The van der Waals surface area contributed by atoms with Crippen molar-refractivity contribution in [3.8, 4) is 0 Å². The molecule has 0 aliphatic carbocycles. The van der Waals surface area contributed by atoms with E-state index in [9.17, 15) is 0 Å². The summed E-state index contributed by atoms with van der Waals surface area (Å²) in [7, 11) is 1.95. The second kappa shape index (κ2) is 6.31. The van der Waals surface area contributed by atoms with Crippen LogP contribution in [0.3, 0.4) is 0 Å². The molecule has 5 heteroatoms. The first kappa shape index (κ1) is 13.5. The van der Waals surface area contributed by atoms with Crippen LogP contribution in [0.15, 0.2) is 6.20 Å². The molecule has 1 saturated heterocycles. The van der Waals surface area contributed by atoms with Gasteiger partial charge in [-0.3, -0.25) is 4.68 Å². The van der Waals surface area contributed by atoms with Crippen LogP contribution in [-0.2, 0) is 18.2 Å². The summed E-state index contributed by atoms with van der Waals surface area (Å²) >= 11 is 0. The SMILES string of the molecule is CCc1nn(C)cc1C(CN)NCC1CCCO1. The highest BCUT2D eigenvalue weighted by molar-refractivity contribution is 5.21. The average molecular weight is 252 g/mol. The van der Waals surface area contributed by atoms with Crippen LogP contribution in [0.1, 0.15) is 37.1 Å². The van der Waals surface area contributed by atoms with Crippen molar-refractivity contribution in [1.82, 2.24) is 15.1 Å². The van der Waals surface area contributed by atoms with Crippen molar-refractivity contribution in [1.29, 1.82) is 0 Å². The van der Waals surface area contributed by atoms with Gasteiger partial charge in [-0.15, -0.1) is 0 Å². The van der Waals surface area contributed by atoms with Gasteiger partial charge in [-0.05, 0) is 19.3 Å². The van der Waals surface area contributed by atoms with Gasteiger partial charge in [0.2, 0.25) is 0 Å². The number of nitrogens with zero attached hydrogens (tertiary/aromatic N) is 2. The van der Waals surface area contributed by atoms with Crippen molar-refractivity contribution >= 4 is 0 Å².